The molecule has 0 fully saturated rings. The van der Waals surface area contributed by atoms with Crippen LogP contribution in [0, 0.1) is 10.1 Å². The number of nitrogens with one attached hydrogen (secondary N) is 1. The van der Waals surface area contributed by atoms with Crippen molar-refractivity contribution in [3.8, 4) is 0 Å². The van der Waals surface area contributed by atoms with Gasteiger partial charge in [0.2, 0.25) is 0 Å². The minimum Gasteiger partial charge on any atom is -0.267 e. The van der Waals surface area contributed by atoms with Gasteiger partial charge in [0.05, 0.1) is 4.92 Å². The number of non-ortho nitro benzene ring substituents is 1. The smallest absolute Gasteiger partial charge is 0.267 e. The number of amides is 1. The van der Waals surface area contributed by atoms with Crippen LogP contribution in [-0.2, 0) is 0 Å². The first-order chi connectivity index (χ1) is 10.9. The van der Waals surface area contributed by atoms with E-state index >= 15 is 0 Å². The summed E-state index contributed by atoms with van der Waals surface area (Å²) in [5, 5.41) is 14.5. The second kappa shape index (κ2) is 9.30. The highest BCUT2D eigenvalue weighted by molar-refractivity contribution is 5.95. The van der Waals surface area contributed by atoms with E-state index in [0.29, 0.717) is 0 Å². The Hall–Kier alpha value is -2.76. The van der Waals surface area contributed by atoms with E-state index in [-0.39, 0.29) is 11.3 Å². The number of hydrazone groups is 1. The Morgan fingerprint density at radius 3 is 2.74 bits per heavy atom. The Labute approximate surface area is 135 Å². The zero-order valence-electron chi connectivity index (χ0n) is 13.6. The van der Waals surface area contributed by atoms with Crippen molar-refractivity contribution in [2.24, 2.45) is 5.10 Å². The Bertz CT molecular complexity index is 657. The lowest BCUT2D eigenvalue weighted by Crippen LogP contribution is -2.17. The molecule has 122 valence electrons. The average Bonchev–Trinajstić information content (AvgIpc) is 2.51. The van der Waals surface area contributed by atoms with Crippen molar-refractivity contribution >= 4 is 17.8 Å². The minimum absolute atomic E-state index is 0.128. The summed E-state index contributed by atoms with van der Waals surface area (Å²) < 4.78 is 0. The van der Waals surface area contributed by atoms with Gasteiger partial charge in [-0.1, -0.05) is 23.3 Å². The van der Waals surface area contributed by atoms with E-state index < -0.39 is 10.8 Å². The summed E-state index contributed by atoms with van der Waals surface area (Å²) in [5.41, 5.74) is 4.85. The number of nitro benzene ring substituents is 1. The van der Waals surface area contributed by atoms with Crippen molar-refractivity contribution in [3.63, 3.8) is 0 Å². The van der Waals surface area contributed by atoms with E-state index in [1.54, 1.807) is 0 Å². The monoisotopic (exact) mass is 315 g/mol. The number of hydrogen-bond donors (Lipinski definition) is 1. The van der Waals surface area contributed by atoms with Crippen LogP contribution in [0.2, 0.25) is 0 Å². The minimum atomic E-state index is -0.543. The number of nitro groups is 1. The maximum atomic E-state index is 11.8. The molecular weight excluding hydrogens is 294 g/mol. The highest BCUT2D eigenvalue weighted by Crippen LogP contribution is 2.12. The standard InChI is InChI=1S/C17H21N3O3/c1-13(2)6-4-7-14(3)10-11-18-19-17(21)15-8-5-9-16(12-15)20(22)23/h5-6,8-12H,4,7H2,1-3H3,(H,19,21)/b14-10+,18-11?. The van der Waals surface area contributed by atoms with E-state index in [9.17, 15) is 14.9 Å². The van der Waals surface area contributed by atoms with E-state index in [1.165, 1.54) is 36.1 Å². The Morgan fingerprint density at radius 2 is 2.09 bits per heavy atom. The molecule has 0 bridgehead atoms. The summed E-state index contributed by atoms with van der Waals surface area (Å²) in [6, 6.07) is 5.51. The van der Waals surface area contributed by atoms with Gasteiger partial charge in [0.1, 0.15) is 0 Å². The summed E-state index contributed by atoms with van der Waals surface area (Å²) in [4.78, 5) is 22.0. The van der Waals surface area contributed by atoms with Gasteiger partial charge in [-0.25, -0.2) is 5.43 Å². The number of hydrogen-bond acceptors (Lipinski definition) is 4. The average molecular weight is 315 g/mol. The molecular formula is C17H21N3O3. The molecule has 0 spiro atoms. The zero-order valence-corrected chi connectivity index (χ0v) is 13.6. The number of carbonyl (C=O) groups excluding carboxylic acids is 1. The first-order valence-electron chi connectivity index (χ1n) is 7.27. The van der Waals surface area contributed by atoms with E-state index in [4.69, 9.17) is 0 Å². The van der Waals surface area contributed by atoms with Crippen LogP contribution >= 0.6 is 0 Å². The van der Waals surface area contributed by atoms with Crippen LogP contribution in [0.5, 0.6) is 0 Å². The first kappa shape index (κ1) is 18.3. The third-order valence-corrected chi connectivity index (χ3v) is 3.01. The normalized spacial score (nSPS) is 11.3. The van der Waals surface area contributed by atoms with Gasteiger partial charge >= 0.3 is 0 Å². The van der Waals surface area contributed by atoms with Crippen LogP contribution < -0.4 is 5.43 Å². The van der Waals surface area contributed by atoms with Gasteiger partial charge < -0.3 is 0 Å². The SMILES string of the molecule is CC(C)=CCC/C(C)=C/C=NNC(=O)c1cccc([N+](=O)[O-])c1. The number of nitrogens with zero attached hydrogens (tertiary/aromatic N) is 2. The van der Waals surface area contributed by atoms with Crippen molar-refractivity contribution < 1.29 is 9.72 Å². The van der Waals surface area contributed by atoms with Gasteiger partial charge in [0, 0.05) is 23.9 Å². The van der Waals surface area contributed by atoms with Crippen LogP contribution in [0.1, 0.15) is 44.0 Å². The fourth-order valence-electron chi connectivity index (χ4n) is 1.76. The van der Waals surface area contributed by atoms with Crippen molar-refractivity contribution in [1.29, 1.82) is 0 Å². The molecule has 1 aromatic carbocycles. The lowest BCUT2D eigenvalue weighted by atomic mass is 10.1. The predicted molar refractivity (Wildman–Crippen MR) is 91.5 cm³/mol. The molecule has 0 aliphatic rings. The fourth-order valence-corrected chi connectivity index (χ4v) is 1.76. The van der Waals surface area contributed by atoms with Gasteiger partial charge in [-0.05, 0) is 45.8 Å². The molecule has 0 heterocycles. The molecule has 6 heteroatoms. The molecule has 1 N–H and O–H groups in total. The van der Waals surface area contributed by atoms with Gasteiger partial charge in [-0.15, -0.1) is 0 Å². The van der Waals surface area contributed by atoms with E-state index in [2.05, 4.69) is 30.5 Å². The molecule has 1 amide bonds. The zero-order chi connectivity index (χ0) is 17.2. The summed E-state index contributed by atoms with van der Waals surface area (Å²) >= 11 is 0. The Kier molecular flexibility index (Phi) is 7.39. The van der Waals surface area contributed by atoms with Crippen LogP contribution in [0.15, 0.2) is 52.7 Å². The highest BCUT2D eigenvalue weighted by Gasteiger charge is 2.10. The van der Waals surface area contributed by atoms with E-state index in [0.717, 1.165) is 18.4 Å². The molecule has 0 aliphatic carbocycles. The number of allylic oxidation sites excluding steroid dienone is 4. The predicted octanol–water partition coefficient (Wildman–Crippen LogP) is 4.00. The lowest BCUT2D eigenvalue weighted by molar-refractivity contribution is -0.384. The van der Waals surface area contributed by atoms with E-state index in [1.807, 2.05) is 13.0 Å². The molecule has 0 saturated carbocycles. The third-order valence-electron chi connectivity index (χ3n) is 3.01. The molecule has 6 nitrogen and oxygen atoms in total. The molecule has 0 radical (unpaired) electrons. The van der Waals surface area contributed by atoms with Crippen molar-refractivity contribution in [1.82, 2.24) is 5.43 Å². The number of benzene rings is 1. The Morgan fingerprint density at radius 1 is 1.35 bits per heavy atom. The van der Waals surface area contributed by atoms with Gasteiger partial charge in [0.25, 0.3) is 11.6 Å². The second-order valence-corrected chi connectivity index (χ2v) is 5.36. The summed E-state index contributed by atoms with van der Waals surface area (Å²) in [6.45, 7) is 6.11. The maximum absolute atomic E-state index is 11.8. The van der Waals surface area contributed by atoms with Crippen LogP contribution in [0.4, 0.5) is 5.69 Å². The lowest BCUT2D eigenvalue weighted by Gasteiger charge is -1.99. The fraction of sp³-hybridized carbons (Fsp3) is 0.294. The molecule has 1 aromatic rings. The first-order valence-corrected chi connectivity index (χ1v) is 7.27. The maximum Gasteiger partial charge on any atom is 0.271 e. The van der Waals surface area contributed by atoms with Crippen LogP contribution in [0.3, 0.4) is 0 Å². The van der Waals surface area contributed by atoms with Gasteiger partial charge in [0.15, 0.2) is 0 Å². The molecule has 0 aromatic heterocycles. The quantitative estimate of drug-likeness (QED) is 0.357. The molecule has 23 heavy (non-hydrogen) atoms. The van der Waals surface area contributed by atoms with Gasteiger partial charge in [-0.2, -0.15) is 5.10 Å². The summed E-state index contributed by atoms with van der Waals surface area (Å²) in [5.74, 6) is -0.486. The highest BCUT2D eigenvalue weighted by atomic mass is 16.6. The Balaban J connectivity index is 2.54. The molecule has 0 atom stereocenters. The third kappa shape index (κ3) is 7.17. The molecule has 1 rings (SSSR count). The van der Waals surface area contributed by atoms with Gasteiger partial charge in [-0.3, -0.25) is 14.9 Å². The summed E-state index contributed by atoms with van der Waals surface area (Å²) in [7, 11) is 0. The second-order valence-electron chi connectivity index (χ2n) is 5.36. The summed E-state index contributed by atoms with van der Waals surface area (Å²) in [6.07, 6.45) is 7.40. The van der Waals surface area contributed by atoms with Crippen LogP contribution in [-0.4, -0.2) is 17.0 Å². The number of carbonyl (C=O) groups is 1. The largest absolute Gasteiger partial charge is 0.271 e. The molecule has 0 unspecified atom stereocenters. The number of rotatable bonds is 7. The van der Waals surface area contributed by atoms with Crippen molar-refractivity contribution in [2.45, 2.75) is 33.6 Å². The van der Waals surface area contributed by atoms with Crippen molar-refractivity contribution in [3.05, 3.63) is 63.2 Å². The topological polar surface area (TPSA) is 84.6 Å². The van der Waals surface area contributed by atoms with Crippen LogP contribution in [0.25, 0.3) is 0 Å². The molecule has 0 saturated heterocycles. The van der Waals surface area contributed by atoms with Crippen molar-refractivity contribution in [2.75, 3.05) is 0 Å². The molecule has 0 aliphatic heterocycles.